The molecule has 1 unspecified atom stereocenters. The molecule has 1 N–H and O–H groups in total. The first-order valence-corrected chi connectivity index (χ1v) is 8.67. The van der Waals surface area contributed by atoms with E-state index in [9.17, 15) is 9.50 Å². The molecule has 4 aromatic rings. The molecule has 1 aromatic heterocycles. The Morgan fingerprint density at radius 1 is 1.07 bits per heavy atom. The predicted octanol–water partition coefficient (Wildman–Crippen LogP) is 4.89. The highest BCUT2D eigenvalue weighted by atomic mass is 19.1. The van der Waals surface area contributed by atoms with Gasteiger partial charge in [0.15, 0.2) is 11.6 Å². The van der Waals surface area contributed by atoms with Crippen molar-refractivity contribution in [3.63, 3.8) is 0 Å². The summed E-state index contributed by atoms with van der Waals surface area (Å²) in [5.41, 5.74) is 5.02. The van der Waals surface area contributed by atoms with Gasteiger partial charge in [-0.25, -0.2) is 9.37 Å². The van der Waals surface area contributed by atoms with Crippen molar-refractivity contribution in [3.05, 3.63) is 78.4 Å². The van der Waals surface area contributed by atoms with Gasteiger partial charge in [0.25, 0.3) is 0 Å². The van der Waals surface area contributed by atoms with Crippen LogP contribution in [-0.2, 0) is 0 Å². The molecule has 5 heteroatoms. The Bertz CT molecular complexity index is 1120. The fourth-order valence-electron chi connectivity index (χ4n) is 3.26. The topological polar surface area (TPSA) is 47.3 Å². The number of fused-ring (bicyclic) bond motifs is 1. The van der Waals surface area contributed by atoms with Gasteiger partial charge in [0.2, 0.25) is 0 Å². The maximum atomic E-state index is 14.1. The molecule has 3 aromatic carbocycles. The van der Waals surface area contributed by atoms with Crippen LogP contribution in [0, 0.1) is 5.82 Å². The predicted molar refractivity (Wildman–Crippen MR) is 104 cm³/mol. The summed E-state index contributed by atoms with van der Waals surface area (Å²) in [6, 6.07) is 18.4. The highest BCUT2D eigenvalue weighted by molar-refractivity contribution is 5.79. The lowest BCUT2D eigenvalue weighted by Crippen LogP contribution is -1.95. The van der Waals surface area contributed by atoms with Crippen molar-refractivity contribution in [1.82, 2.24) is 9.55 Å². The summed E-state index contributed by atoms with van der Waals surface area (Å²) in [6.45, 7) is 1.73. The lowest BCUT2D eigenvalue weighted by atomic mass is 10.0. The van der Waals surface area contributed by atoms with Crippen molar-refractivity contribution in [2.45, 2.75) is 13.0 Å². The number of aliphatic hydroxyl groups excluding tert-OH is 1. The van der Waals surface area contributed by atoms with Crippen LogP contribution in [-0.4, -0.2) is 21.8 Å². The summed E-state index contributed by atoms with van der Waals surface area (Å²) in [5, 5.41) is 9.76. The second kappa shape index (κ2) is 6.85. The Kier molecular flexibility index (Phi) is 4.38. The SMILES string of the molecule is COc1c(F)cccc1-c1cccc(-n2cnc3cc(C(C)O)ccc32)c1. The minimum absolute atomic E-state index is 0.228. The highest BCUT2D eigenvalue weighted by Crippen LogP contribution is 2.33. The summed E-state index contributed by atoms with van der Waals surface area (Å²) in [7, 11) is 1.47. The van der Waals surface area contributed by atoms with E-state index < -0.39 is 6.10 Å². The van der Waals surface area contributed by atoms with E-state index in [1.54, 1.807) is 19.3 Å². The normalized spacial score (nSPS) is 12.3. The summed E-state index contributed by atoms with van der Waals surface area (Å²) in [4.78, 5) is 4.46. The number of ether oxygens (including phenoxy) is 1. The number of hydrogen-bond acceptors (Lipinski definition) is 3. The fourth-order valence-corrected chi connectivity index (χ4v) is 3.26. The minimum Gasteiger partial charge on any atom is -0.493 e. The van der Waals surface area contributed by atoms with Gasteiger partial charge in [-0.3, -0.25) is 4.57 Å². The first kappa shape index (κ1) is 17.2. The maximum Gasteiger partial charge on any atom is 0.165 e. The zero-order valence-corrected chi connectivity index (χ0v) is 15.1. The molecule has 136 valence electrons. The van der Waals surface area contributed by atoms with Crippen LogP contribution in [0.15, 0.2) is 67.0 Å². The molecule has 0 fully saturated rings. The van der Waals surface area contributed by atoms with Gasteiger partial charge < -0.3 is 9.84 Å². The number of nitrogens with zero attached hydrogens (tertiary/aromatic N) is 2. The Morgan fingerprint density at radius 2 is 1.89 bits per heavy atom. The molecule has 1 heterocycles. The molecule has 0 aliphatic rings. The summed E-state index contributed by atoms with van der Waals surface area (Å²) >= 11 is 0. The Balaban J connectivity index is 1.82. The number of rotatable bonds is 4. The quantitative estimate of drug-likeness (QED) is 0.562. The van der Waals surface area contributed by atoms with Gasteiger partial charge in [-0.15, -0.1) is 0 Å². The number of aromatic nitrogens is 2. The Hall–Kier alpha value is -3.18. The summed E-state index contributed by atoms with van der Waals surface area (Å²) < 4.78 is 21.3. The van der Waals surface area contributed by atoms with Crippen molar-refractivity contribution in [1.29, 1.82) is 0 Å². The number of benzene rings is 3. The van der Waals surface area contributed by atoms with Crippen molar-refractivity contribution in [3.8, 4) is 22.6 Å². The van der Waals surface area contributed by atoms with Crippen LogP contribution >= 0.6 is 0 Å². The van der Waals surface area contributed by atoms with Crippen LogP contribution in [0.3, 0.4) is 0 Å². The van der Waals surface area contributed by atoms with Crippen molar-refractivity contribution in [2.24, 2.45) is 0 Å². The average Bonchev–Trinajstić information content (AvgIpc) is 3.11. The number of aliphatic hydroxyl groups is 1. The Morgan fingerprint density at radius 3 is 2.67 bits per heavy atom. The molecule has 27 heavy (non-hydrogen) atoms. The molecule has 0 saturated heterocycles. The van der Waals surface area contributed by atoms with Gasteiger partial charge in [-0.1, -0.05) is 30.3 Å². The van der Waals surface area contributed by atoms with E-state index >= 15 is 0 Å². The van der Waals surface area contributed by atoms with Crippen molar-refractivity contribution < 1.29 is 14.2 Å². The number of imidazole rings is 1. The van der Waals surface area contributed by atoms with Crippen LogP contribution in [0.5, 0.6) is 5.75 Å². The van der Waals surface area contributed by atoms with E-state index in [4.69, 9.17) is 4.74 Å². The average molecular weight is 362 g/mol. The standard InChI is InChI=1S/C22H19FN2O2/c1-14(26)15-9-10-21-20(12-15)24-13-25(21)17-6-3-5-16(11-17)18-7-4-8-19(23)22(18)27-2/h3-14,26H,1-2H3. The number of methoxy groups -OCH3 is 1. The summed E-state index contributed by atoms with van der Waals surface area (Å²) in [6.07, 6.45) is 1.21. The van der Waals surface area contributed by atoms with Crippen LogP contribution < -0.4 is 4.74 Å². The molecular formula is C22H19FN2O2. The molecule has 0 aliphatic carbocycles. The monoisotopic (exact) mass is 362 g/mol. The Labute approximate surface area is 156 Å². The first-order chi connectivity index (χ1) is 13.1. The van der Waals surface area contributed by atoms with Gasteiger partial charge in [-0.2, -0.15) is 0 Å². The van der Waals surface area contributed by atoms with Crippen molar-refractivity contribution >= 4 is 11.0 Å². The molecule has 0 aliphatic heterocycles. The second-order valence-corrected chi connectivity index (χ2v) is 6.41. The third-order valence-corrected chi connectivity index (χ3v) is 4.66. The minimum atomic E-state index is -0.539. The highest BCUT2D eigenvalue weighted by Gasteiger charge is 2.13. The van der Waals surface area contributed by atoms with Gasteiger partial charge in [0, 0.05) is 11.3 Å². The molecule has 4 rings (SSSR count). The van der Waals surface area contributed by atoms with E-state index in [0.29, 0.717) is 5.56 Å². The van der Waals surface area contributed by atoms with Gasteiger partial charge in [-0.05, 0) is 48.4 Å². The lowest BCUT2D eigenvalue weighted by Gasteiger charge is -2.12. The molecule has 4 nitrogen and oxygen atoms in total. The molecule has 0 amide bonds. The van der Waals surface area contributed by atoms with Crippen LogP contribution in [0.2, 0.25) is 0 Å². The first-order valence-electron chi connectivity index (χ1n) is 8.67. The zero-order valence-electron chi connectivity index (χ0n) is 15.1. The lowest BCUT2D eigenvalue weighted by molar-refractivity contribution is 0.199. The second-order valence-electron chi connectivity index (χ2n) is 6.41. The smallest absolute Gasteiger partial charge is 0.165 e. The third kappa shape index (κ3) is 3.06. The van der Waals surface area contributed by atoms with E-state index in [2.05, 4.69) is 4.98 Å². The molecule has 0 radical (unpaired) electrons. The van der Waals surface area contributed by atoms with E-state index in [1.807, 2.05) is 53.1 Å². The van der Waals surface area contributed by atoms with Crippen LogP contribution in [0.4, 0.5) is 4.39 Å². The zero-order chi connectivity index (χ0) is 19.0. The van der Waals surface area contributed by atoms with Crippen molar-refractivity contribution in [2.75, 3.05) is 7.11 Å². The van der Waals surface area contributed by atoms with Gasteiger partial charge >= 0.3 is 0 Å². The maximum absolute atomic E-state index is 14.1. The van der Waals surface area contributed by atoms with E-state index in [0.717, 1.165) is 27.8 Å². The molecular weight excluding hydrogens is 343 g/mol. The number of hydrogen-bond donors (Lipinski definition) is 1. The summed E-state index contributed by atoms with van der Waals surface area (Å²) in [5.74, 6) is -0.161. The number of halogens is 1. The van der Waals surface area contributed by atoms with Crippen LogP contribution in [0.1, 0.15) is 18.6 Å². The molecule has 1 atom stereocenters. The van der Waals surface area contributed by atoms with Gasteiger partial charge in [0.05, 0.1) is 24.2 Å². The third-order valence-electron chi connectivity index (χ3n) is 4.66. The van der Waals surface area contributed by atoms with E-state index in [-0.39, 0.29) is 11.6 Å². The van der Waals surface area contributed by atoms with Crippen LogP contribution in [0.25, 0.3) is 27.8 Å². The molecule has 0 spiro atoms. The number of para-hydroxylation sites is 1. The molecule has 0 bridgehead atoms. The molecule has 0 saturated carbocycles. The fraction of sp³-hybridized carbons (Fsp3) is 0.136. The van der Waals surface area contributed by atoms with Gasteiger partial charge in [0.1, 0.15) is 6.33 Å². The largest absolute Gasteiger partial charge is 0.493 e. The van der Waals surface area contributed by atoms with E-state index in [1.165, 1.54) is 13.2 Å².